The van der Waals surface area contributed by atoms with Crippen LogP contribution in [-0.4, -0.2) is 18.5 Å². The first-order chi connectivity index (χ1) is 10.5. The Hall–Kier alpha value is -0.376. The molecule has 0 saturated carbocycles. The van der Waals surface area contributed by atoms with Crippen molar-refractivity contribution in [3.8, 4) is 17.0 Å². The summed E-state index contributed by atoms with van der Waals surface area (Å²) in [4.78, 5) is 12.1. The summed E-state index contributed by atoms with van der Waals surface area (Å²) in [6.07, 6.45) is 0. The molecule has 4 nitrogen and oxygen atoms in total. The Morgan fingerprint density at radius 1 is 1.30 bits per heavy atom. The summed E-state index contributed by atoms with van der Waals surface area (Å²) in [7, 11) is 1.40. The first-order valence-electron chi connectivity index (χ1n) is 6.41. The third-order valence-electron chi connectivity index (χ3n) is 2.97. The predicted octanol–water partition coefficient (Wildman–Crippen LogP) is 3.20. The topological polar surface area (TPSA) is 40.5 Å². The van der Waals surface area contributed by atoms with Crippen molar-refractivity contribution in [2.24, 2.45) is 0 Å². The Labute approximate surface area is 171 Å². The number of hydrogen-bond acceptors (Lipinski definition) is 3. The second kappa shape index (κ2) is 9.20. The van der Waals surface area contributed by atoms with E-state index < -0.39 is 11.6 Å². The van der Waals surface area contributed by atoms with E-state index in [1.54, 1.807) is 6.92 Å². The van der Waals surface area contributed by atoms with Gasteiger partial charge in [-0.1, -0.05) is 5.69 Å². The average molecular weight is 509 g/mol. The Balaban J connectivity index is 0.00000264. The average Bonchev–Trinajstić information content (AvgIpc) is 2.48. The SMILES string of the molecule is CCn1c(-c2c(F)cc(OCOC)cc2F)[c-]cc(I)c1=O.[Y]. The Morgan fingerprint density at radius 2 is 1.91 bits per heavy atom. The number of ether oxygens (including phenoxy) is 2. The van der Waals surface area contributed by atoms with Crippen molar-refractivity contribution < 1.29 is 51.0 Å². The summed E-state index contributed by atoms with van der Waals surface area (Å²) in [5, 5.41) is 0. The van der Waals surface area contributed by atoms with Crippen molar-refractivity contribution in [2.45, 2.75) is 13.5 Å². The van der Waals surface area contributed by atoms with Gasteiger partial charge >= 0.3 is 0 Å². The van der Waals surface area contributed by atoms with E-state index in [0.29, 0.717) is 3.57 Å². The third kappa shape index (κ3) is 4.58. The Bertz CT molecular complexity index is 729. The van der Waals surface area contributed by atoms with Gasteiger partial charge in [0.05, 0.1) is 11.6 Å². The normalized spacial score (nSPS) is 10.3. The Kier molecular flexibility index (Phi) is 8.26. The van der Waals surface area contributed by atoms with Crippen molar-refractivity contribution in [1.29, 1.82) is 0 Å². The van der Waals surface area contributed by atoms with Crippen LogP contribution in [0.2, 0.25) is 0 Å². The maximum absolute atomic E-state index is 14.3. The fraction of sp³-hybridized carbons (Fsp3) is 0.267. The molecule has 8 heteroatoms. The van der Waals surface area contributed by atoms with Crippen LogP contribution >= 0.6 is 22.6 Å². The van der Waals surface area contributed by atoms with Crippen LogP contribution in [0.25, 0.3) is 11.3 Å². The quantitative estimate of drug-likeness (QED) is 0.354. The molecule has 1 aromatic carbocycles. The number of halogens is 3. The molecule has 0 N–H and O–H groups in total. The minimum absolute atomic E-state index is 0. The molecular weight excluding hydrogens is 496 g/mol. The summed E-state index contributed by atoms with van der Waals surface area (Å²) < 4.78 is 40.0. The maximum atomic E-state index is 14.3. The molecule has 0 aliphatic heterocycles. The number of rotatable bonds is 5. The van der Waals surface area contributed by atoms with Crippen LogP contribution in [-0.2, 0) is 44.0 Å². The van der Waals surface area contributed by atoms with Crippen LogP contribution in [0, 0.1) is 21.3 Å². The van der Waals surface area contributed by atoms with Crippen LogP contribution in [0.4, 0.5) is 8.78 Å². The zero-order chi connectivity index (χ0) is 16.3. The van der Waals surface area contributed by atoms with Gasteiger partial charge in [-0.25, -0.2) is 8.78 Å². The minimum atomic E-state index is -0.829. The number of nitrogens with zero attached hydrogens (tertiary/aromatic N) is 1. The van der Waals surface area contributed by atoms with Gasteiger partial charge in [0, 0.05) is 58.5 Å². The van der Waals surface area contributed by atoms with E-state index in [1.165, 1.54) is 17.7 Å². The molecule has 1 radical (unpaired) electrons. The van der Waals surface area contributed by atoms with Gasteiger partial charge in [-0.3, -0.25) is 4.79 Å². The molecule has 0 atom stereocenters. The van der Waals surface area contributed by atoms with Crippen LogP contribution in [0.1, 0.15) is 6.92 Å². The molecule has 0 aliphatic rings. The molecule has 121 valence electrons. The van der Waals surface area contributed by atoms with Crippen LogP contribution in [0.3, 0.4) is 0 Å². The molecule has 0 saturated heterocycles. The summed E-state index contributed by atoms with van der Waals surface area (Å²) >= 11 is 1.86. The van der Waals surface area contributed by atoms with E-state index in [1.807, 2.05) is 22.6 Å². The molecule has 0 spiro atoms. The molecule has 0 amide bonds. The van der Waals surface area contributed by atoms with Crippen LogP contribution in [0.15, 0.2) is 23.0 Å². The summed E-state index contributed by atoms with van der Waals surface area (Å²) in [5.74, 6) is -1.65. The number of benzene rings is 1. The largest absolute Gasteiger partial charge is 0.467 e. The van der Waals surface area contributed by atoms with Crippen LogP contribution < -0.4 is 10.3 Å². The fourth-order valence-electron chi connectivity index (χ4n) is 2.00. The number of aromatic nitrogens is 1. The van der Waals surface area contributed by atoms with Gasteiger partial charge in [0.15, 0.2) is 6.79 Å². The molecule has 0 aliphatic carbocycles. The third-order valence-corrected chi connectivity index (χ3v) is 3.74. The van der Waals surface area contributed by atoms with Gasteiger partial charge in [-0.15, -0.1) is 22.6 Å². The van der Waals surface area contributed by atoms with Crippen molar-refractivity contribution in [1.82, 2.24) is 4.57 Å². The molecule has 0 bridgehead atoms. The molecule has 1 heterocycles. The van der Waals surface area contributed by atoms with Crippen molar-refractivity contribution in [3.63, 3.8) is 0 Å². The van der Waals surface area contributed by atoms with Crippen molar-refractivity contribution in [2.75, 3.05) is 13.9 Å². The summed E-state index contributed by atoms with van der Waals surface area (Å²) in [5.41, 5.74) is -0.545. The first-order valence-corrected chi connectivity index (χ1v) is 7.49. The summed E-state index contributed by atoms with van der Waals surface area (Å²) in [6, 6.07) is 6.28. The van der Waals surface area contributed by atoms with Gasteiger partial charge < -0.3 is 14.0 Å². The number of methoxy groups -OCH3 is 1. The Morgan fingerprint density at radius 3 is 2.43 bits per heavy atom. The van der Waals surface area contributed by atoms with Gasteiger partial charge in [-0.05, 0) is 16.1 Å². The standard InChI is InChI=1S/C15H13F2INO3.Y/c1-3-19-13(5-4-12(18)15(19)20)14-10(16)6-9(7-11(14)17)22-8-21-2;/h4,6-7H,3,8H2,1-2H3;/q-1;. The molecular formula is C15H13F2INO3Y-. The van der Waals surface area contributed by atoms with E-state index >= 15 is 0 Å². The maximum Gasteiger partial charge on any atom is 0.207 e. The zero-order valence-corrected chi connectivity index (χ0v) is 17.5. The zero-order valence-electron chi connectivity index (χ0n) is 12.5. The molecule has 2 rings (SSSR count). The monoisotopic (exact) mass is 509 g/mol. The molecule has 0 fully saturated rings. The second-order valence-corrected chi connectivity index (χ2v) is 5.51. The van der Waals surface area contributed by atoms with E-state index in [-0.39, 0.29) is 68.6 Å². The second-order valence-electron chi connectivity index (χ2n) is 4.35. The molecule has 1 aromatic heterocycles. The van der Waals surface area contributed by atoms with Gasteiger partial charge in [0.1, 0.15) is 5.75 Å². The van der Waals surface area contributed by atoms with Crippen LogP contribution in [0.5, 0.6) is 5.75 Å². The first kappa shape index (κ1) is 20.7. The fourth-order valence-corrected chi connectivity index (χ4v) is 2.44. The number of pyridine rings is 1. The predicted molar refractivity (Wildman–Crippen MR) is 85.8 cm³/mol. The van der Waals surface area contributed by atoms with Gasteiger partial charge in [0.2, 0.25) is 5.56 Å². The van der Waals surface area contributed by atoms with E-state index in [9.17, 15) is 13.6 Å². The molecule has 0 unspecified atom stereocenters. The van der Waals surface area contributed by atoms with Crippen molar-refractivity contribution in [3.05, 3.63) is 49.8 Å². The minimum Gasteiger partial charge on any atom is -0.467 e. The van der Waals surface area contributed by atoms with E-state index in [2.05, 4.69) is 10.8 Å². The van der Waals surface area contributed by atoms with Gasteiger partial charge in [0.25, 0.3) is 0 Å². The molecule has 2 aromatic rings. The van der Waals surface area contributed by atoms with Crippen molar-refractivity contribution >= 4 is 22.6 Å². The summed E-state index contributed by atoms with van der Waals surface area (Å²) in [6.45, 7) is 1.89. The smallest absolute Gasteiger partial charge is 0.207 e. The van der Waals surface area contributed by atoms with E-state index in [4.69, 9.17) is 4.74 Å². The van der Waals surface area contributed by atoms with Gasteiger partial charge in [-0.2, -0.15) is 12.1 Å². The molecule has 23 heavy (non-hydrogen) atoms. The van der Waals surface area contributed by atoms with E-state index in [0.717, 1.165) is 12.1 Å². The number of hydrogen-bond donors (Lipinski definition) is 0.